The highest BCUT2D eigenvalue weighted by Crippen LogP contribution is 2.17. The summed E-state index contributed by atoms with van der Waals surface area (Å²) in [7, 11) is 0. The number of aryl methyl sites for hydroxylation is 1. The molecule has 0 heterocycles. The van der Waals surface area contributed by atoms with Gasteiger partial charge in [0.2, 0.25) is 0 Å². The number of anilines is 1. The van der Waals surface area contributed by atoms with Crippen LogP contribution in [0.25, 0.3) is 0 Å². The summed E-state index contributed by atoms with van der Waals surface area (Å²) in [6.45, 7) is 3.19. The van der Waals surface area contributed by atoms with Crippen LogP contribution in [0.3, 0.4) is 0 Å². The van der Waals surface area contributed by atoms with Gasteiger partial charge < -0.3 is 16.2 Å². The van der Waals surface area contributed by atoms with Crippen LogP contribution in [0.5, 0.6) is 0 Å². The fourth-order valence-corrected chi connectivity index (χ4v) is 1.14. The van der Waals surface area contributed by atoms with E-state index in [0.29, 0.717) is 5.69 Å². The maximum absolute atomic E-state index is 11.6. The molecule has 5 nitrogen and oxygen atoms in total. The first-order valence-corrected chi connectivity index (χ1v) is 4.79. The van der Waals surface area contributed by atoms with Crippen LogP contribution in [0.15, 0.2) is 18.2 Å². The normalized spacial score (nSPS) is 11.9. The first kappa shape index (κ1) is 12.0. The molecule has 0 spiro atoms. The molecular formula is C11H14N2O3. The lowest BCUT2D eigenvalue weighted by molar-refractivity contribution is -0.125. The van der Waals surface area contributed by atoms with Crippen molar-refractivity contribution in [3.05, 3.63) is 29.3 Å². The molecule has 0 aromatic heterocycles. The number of benzene rings is 1. The van der Waals surface area contributed by atoms with Gasteiger partial charge in [-0.1, -0.05) is 12.1 Å². The number of nitrogens with two attached hydrogens (primary N) is 2. The van der Waals surface area contributed by atoms with Gasteiger partial charge in [-0.3, -0.25) is 4.79 Å². The van der Waals surface area contributed by atoms with Crippen molar-refractivity contribution in [2.75, 3.05) is 5.73 Å². The fraction of sp³-hybridized carbons (Fsp3) is 0.273. The third kappa shape index (κ3) is 2.50. The Morgan fingerprint density at radius 1 is 1.38 bits per heavy atom. The number of amides is 1. The van der Waals surface area contributed by atoms with Gasteiger partial charge in [0.25, 0.3) is 5.91 Å². The van der Waals surface area contributed by atoms with Crippen molar-refractivity contribution in [3.63, 3.8) is 0 Å². The molecule has 0 saturated carbocycles. The minimum atomic E-state index is -0.965. The lowest BCUT2D eigenvalue weighted by Gasteiger charge is -2.11. The SMILES string of the molecule is Cc1cccc(C(=O)OC(C)C(N)=O)c1N. The molecule has 0 saturated heterocycles. The van der Waals surface area contributed by atoms with E-state index in [1.807, 2.05) is 0 Å². The van der Waals surface area contributed by atoms with Gasteiger partial charge in [0.1, 0.15) is 0 Å². The second-order valence-electron chi connectivity index (χ2n) is 3.49. The maximum Gasteiger partial charge on any atom is 0.341 e. The Morgan fingerprint density at radius 3 is 2.56 bits per heavy atom. The van der Waals surface area contributed by atoms with E-state index in [2.05, 4.69) is 0 Å². The van der Waals surface area contributed by atoms with Gasteiger partial charge in [-0.15, -0.1) is 0 Å². The third-order valence-electron chi connectivity index (χ3n) is 2.23. The van der Waals surface area contributed by atoms with Gasteiger partial charge in [0.05, 0.1) is 5.56 Å². The highest BCUT2D eigenvalue weighted by atomic mass is 16.5. The zero-order valence-electron chi connectivity index (χ0n) is 9.19. The summed E-state index contributed by atoms with van der Waals surface area (Å²) < 4.78 is 4.84. The van der Waals surface area contributed by atoms with E-state index >= 15 is 0 Å². The van der Waals surface area contributed by atoms with Gasteiger partial charge in [-0.05, 0) is 25.5 Å². The van der Waals surface area contributed by atoms with E-state index < -0.39 is 18.0 Å². The van der Waals surface area contributed by atoms with E-state index in [1.165, 1.54) is 6.92 Å². The molecule has 5 heteroatoms. The zero-order chi connectivity index (χ0) is 12.3. The predicted octanol–water partition coefficient (Wildman–Crippen LogP) is 0.608. The standard InChI is InChI=1S/C11H14N2O3/c1-6-4-3-5-8(9(6)12)11(15)16-7(2)10(13)14/h3-5,7H,12H2,1-2H3,(H2,13,14). The Hall–Kier alpha value is -2.04. The monoisotopic (exact) mass is 222 g/mol. The number of ether oxygens (including phenoxy) is 1. The number of hydrogen-bond donors (Lipinski definition) is 2. The van der Waals surface area contributed by atoms with Gasteiger partial charge in [0, 0.05) is 5.69 Å². The minimum absolute atomic E-state index is 0.244. The topological polar surface area (TPSA) is 95.4 Å². The Labute approximate surface area is 93.4 Å². The number of nitrogen functional groups attached to an aromatic ring is 1. The molecule has 0 aliphatic rings. The van der Waals surface area contributed by atoms with E-state index in [1.54, 1.807) is 25.1 Å². The van der Waals surface area contributed by atoms with Gasteiger partial charge in [0.15, 0.2) is 6.10 Å². The number of esters is 1. The maximum atomic E-state index is 11.6. The summed E-state index contributed by atoms with van der Waals surface area (Å²) in [6.07, 6.45) is -0.965. The predicted molar refractivity (Wildman–Crippen MR) is 59.7 cm³/mol. The molecule has 1 amide bonds. The summed E-state index contributed by atoms with van der Waals surface area (Å²) in [5, 5.41) is 0. The van der Waals surface area contributed by atoms with Crippen molar-refractivity contribution in [2.45, 2.75) is 20.0 Å². The van der Waals surface area contributed by atoms with E-state index in [9.17, 15) is 9.59 Å². The highest BCUT2D eigenvalue weighted by molar-refractivity contribution is 5.97. The van der Waals surface area contributed by atoms with Crippen LogP contribution < -0.4 is 11.5 Å². The van der Waals surface area contributed by atoms with Crippen molar-refractivity contribution < 1.29 is 14.3 Å². The summed E-state index contributed by atoms with van der Waals surface area (Å²) in [5.41, 5.74) is 12.1. The van der Waals surface area contributed by atoms with Crippen molar-refractivity contribution in [3.8, 4) is 0 Å². The summed E-state index contributed by atoms with van der Waals surface area (Å²) >= 11 is 0. The van der Waals surface area contributed by atoms with Crippen LogP contribution in [0.2, 0.25) is 0 Å². The fourth-order valence-electron chi connectivity index (χ4n) is 1.14. The molecule has 0 radical (unpaired) electrons. The van der Waals surface area contributed by atoms with E-state index in [-0.39, 0.29) is 5.56 Å². The lowest BCUT2D eigenvalue weighted by Crippen LogP contribution is -2.30. The number of rotatable bonds is 3. The van der Waals surface area contributed by atoms with Crippen molar-refractivity contribution in [1.29, 1.82) is 0 Å². The number of carbonyl (C=O) groups is 2. The minimum Gasteiger partial charge on any atom is -0.449 e. The number of hydrogen-bond acceptors (Lipinski definition) is 4. The van der Waals surface area contributed by atoms with E-state index in [4.69, 9.17) is 16.2 Å². The first-order valence-electron chi connectivity index (χ1n) is 4.79. The van der Waals surface area contributed by atoms with Crippen LogP contribution in [0.1, 0.15) is 22.8 Å². The van der Waals surface area contributed by atoms with Crippen LogP contribution >= 0.6 is 0 Å². The largest absolute Gasteiger partial charge is 0.449 e. The Bertz CT molecular complexity index is 429. The molecule has 86 valence electrons. The second-order valence-corrected chi connectivity index (χ2v) is 3.49. The molecular weight excluding hydrogens is 208 g/mol. The molecule has 1 atom stereocenters. The molecule has 0 aliphatic heterocycles. The molecule has 1 aromatic rings. The molecule has 0 aliphatic carbocycles. The quantitative estimate of drug-likeness (QED) is 0.578. The molecule has 1 unspecified atom stereocenters. The molecule has 4 N–H and O–H groups in total. The molecule has 1 aromatic carbocycles. The van der Waals surface area contributed by atoms with Crippen molar-refractivity contribution >= 4 is 17.6 Å². The number of para-hydroxylation sites is 1. The summed E-state index contributed by atoms with van der Waals surface area (Å²) in [4.78, 5) is 22.4. The molecule has 0 bridgehead atoms. The van der Waals surface area contributed by atoms with Crippen molar-refractivity contribution in [1.82, 2.24) is 0 Å². The zero-order valence-corrected chi connectivity index (χ0v) is 9.19. The average Bonchev–Trinajstić information content (AvgIpc) is 2.21. The summed E-state index contributed by atoms with van der Waals surface area (Å²) in [5.74, 6) is -1.34. The van der Waals surface area contributed by atoms with Crippen LogP contribution in [-0.4, -0.2) is 18.0 Å². The molecule has 16 heavy (non-hydrogen) atoms. The lowest BCUT2D eigenvalue weighted by atomic mass is 10.1. The van der Waals surface area contributed by atoms with Crippen molar-refractivity contribution in [2.24, 2.45) is 5.73 Å². The van der Waals surface area contributed by atoms with Gasteiger partial charge in [-0.25, -0.2) is 4.79 Å². The van der Waals surface area contributed by atoms with Gasteiger partial charge in [-0.2, -0.15) is 0 Å². The Kier molecular flexibility index (Phi) is 3.50. The van der Waals surface area contributed by atoms with Crippen LogP contribution in [0.4, 0.5) is 5.69 Å². The Balaban J connectivity index is 2.89. The van der Waals surface area contributed by atoms with E-state index in [0.717, 1.165) is 5.56 Å². The molecule has 0 fully saturated rings. The first-order chi connectivity index (χ1) is 7.43. The highest BCUT2D eigenvalue weighted by Gasteiger charge is 2.18. The third-order valence-corrected chi connectivity index (χ3v) is 2.23. The number of primary amides is 1. The second kappa shape index (κ2) is 4.65. The average molecular weight is 222 g/mol. The summed E-state index contributed by atoms with van der Waals surface area (Å²) in [6, 6.07) is 5.01. The number of carbonyl (C=O) groups excluding carboxylic acids is 2. The Morgan fingerprint density at radius 2 is 2.00 bits per heavy atom. The van der Waals surface area contributed by atoms with Gasteiger partial charge >= 0.3 is 5.97 Å². The van der Waals surface area contributed by atoms with Crippen LogP contribution in [-0.2, 0) is 9.53 Å². The molecule has 1 rings (SSSR count). The van der Waals surface area contributed by atoms with Crippen LogP contribution in [0, 0.1) is 6.92 Å². The smallest absolute Gasteiger partial charge is 0.341 e.